The number of halogens is 2. The van der Waals surface area contributed by atoms with Gasteiger partial charge in [-0.05, 0) is 46.3 Å². The van der Waals surface area contributed by atoms with Crippen LogP contribution in [0.5, 0.6) is 0 Å². The molecule has 0 saturated heterocycles. The number of benzene rings is 2. The molecule has 0 heterocycles. The van der Waals surface area contributed by atoms with Gasteiger partial charge >= 0.3 is 0 Å². The maximum atomic E-state index is 12.0. The van der Waals surface area contributed by atoms with Gasteiger partial charge in [0.2, 0.25) is 0 Å². The maximum Gasteiger partial charge on any atom is 0.255 e. The molecular weight excluding hydrogens is 316 g/mol. The van der Waals surface area contributed by atoms with Crippen molar-refractivity contribution < 1.29 is 4.79 Å². The molecule has 0 radical (unpaired) electrons. The van der Waals surface area contributed by atoms with Crippen molar-refractivity contribution in [2.45, 2.75) is 0 Å². The maximum absolute atomic E-state index is 12.0. The quantitative estimate of drug-likeness (QED) is 0.822. The summed E-state index contributed by atoms with van der Waals surface area (Å²) in [5.74, 6) is -0.248. The zero-order valence-corrected chi connectivity index (χ0v) is 11.6. The van der Waals surface area contributed by atoms with E-state index in [4.69, 9.17) is 17.3 Å². The lowest BCUT2D eigenvalue weighted by molar-refractivity contribution is 0.102. The van der Waals surface area contributed by atoms with Crippen LogP contribution in [0.1, 0.15) is 10.4 Å². The molecule has 5 heteroatoms. The summed E-state index contributed by atoms with van der Waals surface area (Å²) in [5.41, 5.74) is 7.30. The predicted molar refractivity (Wildman–Crippen MR) is 78.0 cm³/mol. The fourth-order valence-electron chi connectivity index (χ4n) is 1.44. The van der Waals surface area contributed by atoms with E-state index in [1.54, 1.807) is 42.5 Å². The van der Waals surface area contributed by atoms with Crippen molar-refractivity contribution in [3.8, 4) is 0 Å². The van der Waals surface area contributed by atoms with Crippen LogP contribution in [0.25, 0.3) is 0 Å². The molecule has 2 aromatic carbocycles. The van der Waals surface area contributed by atoms with Crippen molar-refractivity contribution in [2.24, 2.45) is 0 Å². The molecule has 3 nitrogen and oxygen atoms in total. The lowest BCUT2D eigenvalue weighted by Crippen LogP contribution is -2.12. The van der Waals surface area contributed by atoms with E-state index in [1.165, 1.54) is 0 Å². The molecule has 0 fully saturated rings. The Bertz CT molecular complexity index is 601. The predicted octanol–water partition coefficient (Wildman–Crippen LogP) is 3.94. The van der Waals surface area contributed by atoms with Crippen LogP contribution < -0.4 is 11.1 Å². The van der Waals surface area contributed by atoms with Crippen LogP contribution in [0.3, 0.4) is 0 Å². The normalized spacial score (nSPS) is 10.1. The number of para-hydroxylation sites is 1. The van der Waals surface area contributed by atoms with Gasteiger partial charge in [0.1, 0.15) is 0 Å². The Kier molecular flexibility index (Phi) is 3.89. The summed E-state index contributed by atoms with van der Waals surface area (Å²) >= 11 is 9.24. The molecule has 3 N–H and O–H groups in total. The second kappa shape index (κ2) is 5.42. The monoisotopic (exact) mass is 324 g/mol. The number of nitrogen functional groups attached to an aromatic ring is 1. The Hall–Kier alpha value is -1.52. The third kappa shape index (κ3) is 2.83. The van der Waals surface area contributed by atoms with E-state index in [-0.39, 0.29) is 5.91 Å². The van der Waals surface area contributed by atoms with Crippen molar-refractivity contribution in [1.29, 1.82) is 0 Å². The van der Waals surface area contributed by atoms with Crippen molar-refractivity contribution >= 4 is 44.8 Å². The van der Waals surface area contributed by atoms with E-state index in [0.29, 0.717) is 22.0 Å². The van der Waals surface area contributed by atoms with Crippen molar-refractivity contribution in [3.63, 3.8) is 0 Å². The SMILES string of the molecule is Nc1cc(C(=O)Nc2ccccc2Cl)ccc1Br. The molecule has 2 rings (SSSR count). The van der Waals surface area contributed by atoms with E-state index in [9.17, 15) is 4.79 Å². The summed E-state index contributed by atoms with van der Waals surface area (Å²) in [6.45, 7) is 0. The van der Waals surface area contributed by atoms with Crippen LogP contribution in [0.4, 0.5) is 11.4 Å². The summed E-state index contributed by atoms with van der Waals surface area (Å²) in [7, 11) is 0. The van der Waals surface area contributed by atoms with Gasteiger partial charge in [0.25, 0.3) is 5.91 Å². The Morgan fingerprint density at radius 1 is 1.22 bits per heavy atom. The van der Waals surface area contributed by atoms with E-state index in [2.05, 4.69) is 21.2 Å². The molecule has 18 heavy (non-hydrogen) atoms. The average Bonchev–Trinajstić information content (AvgIpc) is 2.35. The van der Waals surface area contributed by atoms with Crippen LogP contribution in [-0.4, -0.2) is 5.91 Å². The number of hydrogen-bond donors (Lipinski definition) is 2. The zero-order valence-electron chi connectivity index (χ0n) is 9.28. The van der Waals surface area contributed by atoms with Crippen LogP contribution in [0.15, 0.2) is 46.9 Å². The minimum Gasteiger partial charge on any atom is -0.398 e. The largest absolute Gasteiger partial charge is 0.398 e. The van der Waals surface area contributed by atoms with Gasteiger partial charge in [0.15, 0.2) is 0 Å². The summed E-state index contributed by atoms with van der Waals surface area (Å²) in [4.78, 5) is 12.0. The highest BCUT2D eigenvalue weighted by Gasteiger charge is 2.09. The fourth-order valence-corrected chi connectivity index (χ4v) is 1.87. The Balaban J connectivity index is 2.22. The number of rotatable bonds is 2. The van der Waals surface area contributed by atoms with Crippen LogP contribution >= 0.6 is 27.5 Å². The second-order valence-electron chi connectivity index (χ2n) is 3.67. The van der Waals surface area contributed by atoms with Gasteiger partial charge in [-0.25, -0.2) is 0 Å². The third-order valence-corrected chi connectivity index (χ3v) is 3.43. The highest BCUT2D eigenvalue weighted by atomic mass is 79.9. The van der Waals surface area contributed by atoms with Gasteiger partial charge in [-0.15, -0.1) is 0 Å². The summed E-state index contributed by atoms with van der Waals surface area (Å²) < 4.78 is 0.761. The molecule has 0 atom stereocenters. The molecule has 2 aromatic rings. The molecule has 0 spiro atoms. The number of hydrogen-bond acceptors (Lipinski definition) is 2. The van der Waals surface area contributed by atoms with Gasteiger partial charge in [-0.1, -0.05) is 23.7 Å². The number of anilines is 2. The third-order valence-electron chi connectivity index (χ3n) is 2.38. The minimum absolute atomic E-state index is 0.248. The number of carbonyl (C=O) groups excluding carboxylic acids is 1. The van der Waals surface area contributed by atoms with Gasteiger partial charge in [0.05, 0.1) is 10.7 Å². The first kappa shape index (κ1) is 12.9. The molecule has 0 aliphatic rings. The molecule has 92 valence electrons. The number of carbonyl (C=O) groups is 1. The Morgan fingerprint density at radius 3 is 2.61 bits per heavy atom. The van der Waals surface area contributed by atoms with Gasteiger partial charge in [0, 0.05) is 15.7 Å². The van der Waals surface area contributed by atoms with Crippen molar-refractivity contribution in [2.75, 3.05) is 11.1 Å². The lowest BCUT2D eigenvalue weighted by Gasteiger charge is -2.08. The van der Waals surface area contributed by atoms with Gasteiger partial charge < -0.3 is 11.1 Å². The molecule has 1 amide bonds. The number of nitrogens with one attached hydrogen (secondary N) is 1. The smallest absolute Gasteiger partial charge is 0.255 e. The van der Waals surface area contributed by atoms with E-state index < -0.39 is 0 Å². The molecule has 0 aliphatic carbocycles. The zero-order chi connectivity index (χ0) is 13.1. The minimum atomic E-state index is -0.248. The van der Waals surface area contributed by atoms with E-state index in [0.717, 1.165) is 4.47 Å². The summed E-state index contributed by atoms with van der Waals surface area (Å²) in [6, 6.07) is 12.1. The first-order chi connectivity index (χ1) is 8.58. The van der Waals surface area contributed by atoms with Crippen LogP contribution in [0.2, 0.25) is 5.02 Å². The molecule has 0 aliphatic heterocycles. The van der Waals surface area contributed by atoms with Gasteiger partial charge in [-0.3, -0.25) is 4.79 Å². The Morgan fingerprint density at radius 2 is 1.94 bits per heavy atom. The average molecular weight is 326 g/mol. The summed E-state index contributed by atoms with van der Waals surface area (Å²) in [6.07, 6.45) is 0. The molecule has 0 saturated carbocycles. The van der Waals surface area contributed by atoms with Crippen LogP contribution in [-0.2, 0) is 0 Å². The standard InChI is InChI=1S/C13H10BrClN2O/c14-9-6-5-8(7-11(9)16)13(18)17-12-4-2-1-3-10(12)15/h1-7H,16H2,(H,17,18). The first-order valence-corrected chi connectivity index (χ1v) is 6.36. The van der Waals surface area contributed by atoms with Crippen molar-refractivity contribution in [3.05, 3.63) is 57.5 Å². The summed E-state index contributed by atoms with van der Waals surface area (Å²) in [5, 5.41) is 3.23. The topological polar surface area (TPSA) is 55.1 Å². The highest BCUT2D eigenvalue weighted by molar-refractivity contribution is 9.10. The Labute approximate surface area is 118 Å². The molecule has 0 aromatic heterocycles. The molecule has 0 unspecified atom stereocenters. The van der Waals surface area contributed by atoms with E-state index >= 15 is 0 Å². The van der Waals surface area contributed by atoms with Crippen LogP contribution in [0, 0.1) is 0 Å². The highest BCUT2D eigenvalue weighted by Crippen LogP contribution is 2.23. The van der Waals surface area contributed by atoms with Gasteiger partial charge in [-0.2, -0.15) is 0 Å². The van der Waals surface area contributed by atoms with Crippen molar-refractivity contribution in [1.82, 2.24) is 0 Å². The number of nitrogens with two attached hydrogens (primary N) is 1. The molecule has 0 bridgehead atoms. The first-order valence-electron chi connectivity index (χ1n) is 5.19. The number of amides is 1. The fraction of sp³-hybridized carbons (Fsp3) is 0. The van der Waals surface area contributed by atoms with E-state index in [1.807, 2.05) is 0 Å². The molecular formula is C13H10BrClN2O. The lowest BCUT2D eigenvalue weighted by atomic mass is 10.2. The second-order valence-corrected chi connectivity index (χ2v) is 4.93.